The topological polar surface area (TPSA) is 53.7 Å². The summed E-state index contributed by atoms with van der Waals surface area (Å²) in [7, 11) is 0. The van der Waals surface area contributed by atoms with E-state index in [0.29, 0.717) is 5.69 Å². The number of fused-ring (bicyclic) bond motifs is 2. The van der Waals surface area contributed by atoms with E-state index in [9.17, 15) is 4.79 Å². The molecule has 1 saturated heterocycles. The van der Waals surface area contributed by atoms with E-state index in [1.54, 1.807) is 0 Å². The first-order valence-corrected chi connectivity index (χ1v) is 9.63. The molecule has 0 N–H and O–H groups in total. The maximum atomic E-state index is 13.4. The van der Waals surface area contributed by atoms with Crippen molar-refractivity contribution in [2.24, 2.45) is 0 Å². The van der Waals surface area contributed by atoms with Crippen molar-refractivity contribution in [3.63, 3.8) is 0 Å². The van der Waals surface area contributed by atoms with Crippen LogP contribution in [0.4, 0.5) is 5.82 Å². The SMILES string of the molecule is Cc1cc2nc(C(=O)N3CCc4ccccc4[C@H]3C)cc(N3CCC3)n2n1. The maximum Gasteiger partial charge on any atom is 0.273 e. The largest absolute Gasteiger partial charge is 0.356 e. The van der Waals surface area contributed by atoms with Gasteiger partial charge in [-0.3, -0.25) is 4.79 Å². The van der Waals surface area contributed by atoms with Crippen LogP contribution in [0.2, 0.25) is 0 Å². The number of rotatable bonds is 2. The van der Waals surface area contributed by atoms with Gasteiger partial charge in [-0.15, -0.1) is 0 Å². The summed E-state index contributed by atoms with van der Waals surface area (Å²) in [5.41, 5.74) is 4.74. The highest BCUT2D eigenvalue weighted by Crippen LogP contribution is 2.31. The van der Waals surface area contributed by atoms with Gasteiger partial charge < -0.3 is 9.80 Å². The number of carbonyl (C=O) groups is 1. The molecule has 27 heavy (non-hydrogen) atoms. The van der Waals surface area contributed by atoms with Crippen LogP contribution in [0, 0.1) is 6.92 Å². The van der Waals surface area contributed by atoms with Crippen LogP contribution in [0.3, 0.4) is 0 Å². The van der Waals surface area contributed by atoms with E-state index in [1.807, 2.05) is 34.5 Å². The van der Waals surface area contributed by atoms with Crippen molar-refractivity contribution in [1.82, 2.24) is 19.5 Å². The van der Waals surface area contributed by atoms with Crippen LogP contribution in [0.1, 0.15) is 46.7 Å². The minimum absolute atomic E-state index is 0.000120. The fraction of sp³-hybridized carbons (Fsp3) is 0.381. The molecule has 0 saturated carbocycles. The van der Waals surface area contributed by atoms with Gasteiger partial charge in [0, 0.05) is 31.8 Å². The molecule has 2 aromatic heterocycles. The highest BCUT2D eigenvalue weighted by atomic mass is 16.2. The monoisotopic (exact) mass is 361 g/mol. The van der Waals surface area contributed by atoms with Crippen LogP contribution in [0.5, 0.6) is 0 Å². The Hall–Kier alpha value is -2.89. The number of nitrogens with zero attached hydrogens (tertiary/aromatic N) is 5. The summed E-state index contributed by atoms with van der Waals surface area (Å²) in [5, 5.41) is 4.56. The third-order valence-corrected chi connectivity index (χ3v) is 5.79. The van der Waals surface area contributed by atoms with E-state index in [-0.39, 0.29) is 11.9 Å². The van der Waals surface area contributed by atoms with Gasteiger partial charge in [0.25, 0.3) is 5.91 Å². The van der Waals surface area contributed by atoms with Gasteiger partial charge in [-0.1, -0.05) is 24.3 Å². The Kier molecular flexibility index (Phi) is 3.67. The van der Waals surface area contributed by atoms with Gasteiger partial charge in [0.1, 0.15) is 11.5 Å². The number of aryl methyl sites for hydroxylation is 1. The van der Waals surface area contributed by atoms with E-state index >= 15 is 0 Å². The van der Waals surface area contributed by atoms with Crippen molar-refractivity contribution in [2.75, 3.05) is 24.5 Å². The fourth-order valence-corrected chi connectivity index (χ4v) is 4.15. The number of hydrogen-bond acceptors (Lipinski definition) is 4. The number of amides is 1. The van der Waals surface area contributed by atoms with Crippen molar-refractivity contribution >= 4 is 17.4 Å². The molecule has 138 valence electrons. The third-order valence-electron chi connectivity index (χ3n) is 5.79. The Balaban J connectivity index is 1.54. The molecule has 0 aliphatic carbocycles. The first-order chi connectivity index (χ1) is 13.1. The van der Waals surface area contributed by atoms with Crippen LogP contribution in [0.15, 0.2) is 36.4 Å². The number of anilines is 1. The zero-order valence-electron chi connectivity index (χ0n) is 15.7. The molecule has 2 aliphatic rings. The Morgan fingerprint density at radius 3 is 2.74 bits per heavy atom. The molecule has 6 heteroatoms. The lowest BCUT2D eigenvalue weighted by Gasteiger charge is -2.36. The van der Waals surface area contributed by atoms with E-state index in [4.69, 9.17) is 0 Å². The van der Waals surface area contributed by atoms with Gasteiger partial charge in [0.05, 0.1) is 11.7 Å². The molecule has 0 unspecified atom stereocenters. The van der Waals surface area contributed by atoms with Gasteiger partial charge >= 0.3 is 0 Å². The average molecular weight is 361 g/mol. The maximum absolute atomic E-state index is 13.4. The zero-order valence-corrected chi connectivity index (χ0v) is 15.7. The summed E-state index contributed by atoms with van der Waals surface area (Å²) in [4.78, 5) is 22.2. The molecular formula is C21H23N5O. The lowest BCUT2D eigenvalue weighted by Crippen LogP contribution is -2.40. The second kappa shape index (κ2) is 6.08. The van der Waals surface area contributed by atoms with Gasteiger partial charge in [-0.05, 0) is 37.8 Å². The van der Waals surface area contributed by atoms with Gasteiger partial charge in [-0.2, -0.15) is 9.61 Å². The zero-order chi connectivity index (χ0) is 18.5. The molecule has 5 rings (SSSR count). The van der Waals surface area contributed by atoms with Crippen LogP contribution in [-0.4, -0.2) is 45.0 Å². The molecule has 4 heterocycles. The second-order valence-corrected chi connectivity index (χ2v) is 7.52. The first kappa shape index (κ1) is 16.3. The fourth-order valence-electron chi connectivity index (χ4n) is 4.15. The Labute approximate surface area is 158 Å². The number of benzene rings is 1. The summed E-state index contributed by atoms with van der Waals surface area (Å²) in [6.45, 7) is 6.78. The van der Waals surface area contributed by atoms with Gasteiger partial charge in [-0.25, -0.2) is 4.98 Å². The van der Waals surface area contributed by atoms with Gasteiger partial charge in [0.15, 0.2) is 5.65 Å². The minimum Gasteiger partial charge on any atom is -0.356 e. The number of hydrogen-bond donors (Lipinski definition) is 0. The highest BCUT2D eigenvalue weighted by molar-refractivity contribution is 5.94. The lowest BCUT2D eigenvalue weighted by molar-refractivity contribution is 0.0672. The van der Waals surface area contributed by atoms with Crippen LogP contribution >= 0.6 is 0 Å². The summed E-state index contributed by atoms with van der Waals surface area (Å²) < 4.78 is 1.86. The molecule has 3 aromatic rings. The second-order valence-electron chi connectivity index (χ2n) is 7.52. The summed E-state index contributed by atoms with van der Waals surface area (Å²) in [6, 6.07) is 12.3. The molecule has 1 amide bonds. The summed E-state index contributed by atoms with van der Waals surface area (Å²) >= 11 is 0. The standard InChI is InChI=1S/C21H23N5O/c1-14-12-19-22-18(13-20(26(19)23-14)24-9-5-10-24)21(27)25-11-8-16-6-3-4-7-17(16)15(25)2/h3-4,6-7,12-13,15H,5,8-11H2,1-2H3/t15-/m1/s1. The molecule has 2 aliphatic heterocycles. The summed E-state index contributed by atoms with van der Waals surface area (Å²) in [5.74, 6) is 0.966. The molecule has 0 spiro atoms. The third kappa shape index (κ3) is 2.59. The quantitative estimate of drug-likeness (QED) is 0.704. The smallest absolute Gasteiger partial charge is 0.273 e. The van der Waals surface area contributed by atoms with Crippen molar-refractivity contribution in [1.29, 1.82) is 0 Å². The van der Waals surface area contributed by atoms with Crippen molar-refractivity contribution < 1.29 is 4.79 Å². The molecule has 0 bridgehead atoms. The van der Waals surface area contributed by atoms with Crippen molar-refractivity contribution in [3.8, 4) is 0 Å². The van der Waals surface area contributed by atoms with Crippen molar-refractivity contribution in [3.05, 3.63) is 58.9 Å². The van der Waals surface area contributed by atoms with Crippen LogP contribution < -0.4 is 4.90 Å². The predicted octanol–water partition coefficient (Wildman–Crippen LogP) is 3.01. The molecule has 1 aromatic carbocycles. The van der Waals surface area contributed by atoms with E-state index in [1.165, 1.54) is 17.5 Å². The van der Waals surface area contributed by atoms with Crippen LogP contribution in [0.25, 0.3) is 5.65 Å². The molecular weight excluding hydrogens is 338 g/mol. The first-order valence-electron chi connectivity index (χ1n) is 9.63. The molecule has 1 fully saturated rings. The highest BCUT2D eigenvalue weighted by Gasteiger charge is 2.30. The molecule has 0 radical (unpaired) electrons. The Morgan fingerprint density at radius 1 is 1.15 bits per heavy atom. The van der Waals surface area contributed by atoms with E-state index in [0.717, 1.165) is 43.2 Å². The minimum atomic E-state index is 0.000120. The van der Waals surface area contributed by atoms with Gasteiger partial charge in [0.2, 0.25) is 0 Å². The van der Waals surface area contributed by atoms with Crippen LogP contribution in [-0.2, 0) is 6.42 Å². The normalized spacial score (nSPS) is 19.1. The van der Waals surface area contributed by atoms with E-state index < -0.39 is 0 Å². The predicted molar refractivity (Wildman–Crippen MR) is 104 cm³/mol. The number of aromatic nitrogens is 3. The molecule has 6 nitrogen and oxygen atoms in total. The Bertz CT molecular complexity index is 1040. The summed E-state index contributed by atoms with van der Waals surface area (Å²) in [6.07, 6.45) is 2.06. The van der Waals surface area contributed by atoms with E-state index in [2.05, 4.69) is 40.1 Å². The van der Waals surface area contributed by atoms with Crippen molar-refractivity contribution in [2.45, 2.75) is 32.7 Å². The average Bonchev–Trinajstić information content (AvgIpc) is 3.01. The molecule has 1 atom stereocenters. The number of carbonyl (C=O) groups excluding carboxylic acids is 1. The Morgan fingerprint density at radius 2 is 1.96 bits per heavy atom. The lowest BCUT2D eigenvalue weighted by atomic mass is 9.93.